The Kier molecular flexibility index (Phi) is 2.26. The molecule has 1 N–H and O–H groups in total. The third-order valence-electron chi connectivity index (χ3n) is 3.47. The van der Waals surface area contributed by atoms with Crippen molar-refractivity contribution in [1.29, 1.82) is 0 Å². The average molecular weight is 232 g/mol. The summed E-state index contributed by atoms with van der Waals surface area (Å²) >= 11 is 0. The first-order valence-electron chi connectivity index (χ1n) is 5.74. The van der Waals surface area contributed by atoms with Crippen molar-refractivity contribution >= 4 is 10.9 Å². The van der Waals surface area contributed by atoms with Crippen LogP contribution in [0.2, 0.25) is 0 Å². The molecular formula is C13H16N2O2. The highest BCUT2D eigenvalue weighted by Gasteiger charge is 2.19. The number of hydrogen-bond acceptors (Lipinski definition) is 3. The van der Waals surface area contributed by atoms with Crippen LogP contribution in [0.15, 0.2) is 12.1 Å². The van der Waals surface area contributed by atoms with E-state index >= 15 is 0 Å². The topological polar surface area (TPSA) is 35.4 Å². The summed E-state index contributed by atoms with van der Waals surface area (Å²) in [5.74, 6) is 1.69. The maximum atomic E-state index is 5.44. The van der Waals surface area contributed by atoms with Gasteiger partial charge in [0.1, 0.15) is 0 Å². The first kappa shape index (κ1) is 10.5. The van der Waals surface area contributed by atoms with Gasteiger partial charge in [-0.15, -0.1) is 0 Å². The van der Waals surface area contributed by atoms with Crippen molar-refractivity contribution in [3.8, 4) is 11.5 Å². The van der Waals surface area contributed by atoms with Crippen molar-refractivity contribution in [2.24, 2.45) is 7.05 Å². The number of hydrogen-bond donors (Lipinski definition) is 1. The molecular weight excluding hydrogens is 216 g/mol. The van der Waals surface area contributed by atoms with Gasteiger partial charge in [-0.1, -0.05) is 0 Å². The van der Waals surface area contributed by atoms with Gasteiger partial charge in [0, 0.05) is 30.7 Å². The van der Waals surface area contributed by atoms with E-state index in [1.54, 1.807) is 0 Å². The van der Waals surface area contributed by atoms with Crippen LogP contribution < -0.4 is 14.8 Å². The third kappa shape index (κ3) is 1.41. The smallest absolute Gasteiger partial charge is 0.231 e. The minimum absolute atomic E-state index is 0.325. The molecule has 0 atom stereocenters. The second-order valence-corrected chi connectivity index (χ2v) is 4.38. The summed E-state index contributed by atoms with van der Waals surface area (Å²) in [6.07, 6.45) is 0. The van der Waals surface area contributed by atoms with E-state index in [0.29, 0.717) is 6.79 Å². The van der Waals surface area contributed by atoms with Crippen LogP contribution in [0.25, 0.3) is 10.9 Å². The fourth-order valence-corrected chi connectivity index (χ4v) is 2.43. The molecule has 0 radical (unpaired) electrons. The summed E-state index contributed by atoms with van der Waals surface area (Å²) in [5, 5.41) is 4.45. The molecule has 2 heterocycles. The van der Waals surface area contributed by atoms with Crippen LogP contribution >= 0.6 is 0 Å². The van der Waals surface area contributed by atoms with Crippen LogP contribution in [0.4, 0.5) is 0 Å². The van der Waals surface area contributed by atoms with E-state index < -0.39 is 0 Å². The standard InChI is InChI=1S/C13H16N2O2/c1-8-10(6-14-2)9-4-12-13(17-7-16-12)5-11(9)15(8)3/h4-5,14H,6-7H2,1-3H3. The minimum Gasteiger partial charge on any atom is -0.454 e. The molecule has 17 heavy (non-hydrogen) atoms. The second-order valence-electron chi connectivity index (χ2n) is 4.38. The molecule has 90 valence electrons. The molecule has 4 heteroatoms. The lowest BCUT2D eigenvalue weighted by atomic mass is 10.1. The van der Waals surface area contributed by atoms with Gasteiger partial charge in [-0.3, -0.25) is 0 Å². The molecule has 0 bridgehead atoms. The zero-order chi connectivity index (χ0) is 12.0. The summed E-state index contributed by atoms with van der Waals surface area (Å²) in [7, 11) is 4.05. The molecule has 1 aliphatic rings. The molecule has 0 fully saturated rings. The first-order chi connectivity index (χ1) is 8.22. The molecule has 1 aromatic heterocycles. The Morgan fingerprint density at radius 3 is 2.71 bits per heavy atom. The molecule has 0 amide bonds. The van der Waals surface area contributed by atoms with Gasteiger partial charge < -0.3 is 19.4 Å². The van der Waals surface area contributed by atoms with Gasteiger partial charge in [-0.05, 0) is 25.6 Å². The van der Waals surface area contributed by atoms with Gasteiger partial charge in [0.15, 0.2) is 11.5 Å². The molecule has 2 aromatic rings. The van der Waals surface area contributed by atoms with Crippen LogP contribution in [0.3, 0.4) is 0 Å². The van der Waals surface area contributed by atoms with E-state index in [2.05, 4.69) is 36.0 Å². The highest BCUT2D eigenvalue weighted by molar-refractivity contribution is 5.88. The van der Waals surface area contributed by atoms with E-state index in [9.17, 15) is 0 Å². The summed E-state index contributed by atoms with van der Waals surface area (Å²) in [5.41, 5.74) is 3.79. The Morgan fingerprint density at radius 2 is 2.00 bits per heavy atom. The maximum absolute atomic E-state index is 5.44. The van der Waals surface area contributed by atoms with Gasteiger partial charge >= 0.3 is 0 Å². The molecule has 0 unspecified atom stereocenters. The Labute approximate surface area is 100 Å². The Bertz CT molecular complexity index is 587. The lowest BCUT2D eigenvalue weighted by molar-refractivity contribution is 0.174. The molecule has 0 aliphatic carbocycles. The van der Waals surface area contributed by atoms with Gasteiger partial charge in [0.05, 0.1) is 5.52 Å². The summed E-state index contributed by atoms with van der Waals surface area (Å²) in [6.45, 7) is 3.33. The summed E-state index contributed by atoms with van der Waals surface area (Å²) in [6, 6.07) is 4.14. The van der Waals surface area contributed by atoms with E-state index in [4.69, 9.17) is 9.47 Å². The van der Waals surface area contributed by atoms with Crippen molar-refractivity contribution < 1.29 is 9.47 Å². The summed E-state index contributed by atoms with van der Waals surface area (Å²) in [4.78, 5) is 0. The van der Waals surface area contributed by atoms with Crippen LogP contribution in [0, 0.1) is 6.92 Å². The molecule has 1 aliphatic heterocycles. The number of nitrogens with one attached hydrogen (secondary N) is 1. The van der Waals surface area contributed by atoms with Crippen molar-refractivity contribution in [2.45, 2.75) is 13.5 Å². The maximum Gasteiger partial charge on any atom is 0.231 e. The number of fused-ring (bicyclic) bond motifs is 2. The predicted octanol–water partition coefficient (Wildman–Crippen LogP) is 1.93. The van der Waals surface area contributed by atoms with Crippen molar-refractivity contribution in [3.05, 3.63) is 23.4 Å². The van der Waals surface area contributed by atoms with Crippen molar-refractivity contribution in [2.75, 3.05) is 13.8 Å². The minimum atomic E-state index is 0.325. The van der Waals surface area contributed by atoms with Crippen LogP contribution in [-0.4, -0.2) is 18.4 Å². The van der Waals surface area contributed by atoms with Gasteiger partial charge in [-0.2, -0.15) is 0 Å². The lowest BCUT2D eigenvalue weighted by Gasteiger charge is -2.00. The molecule has 0 saturated heterocycles. The van der Waals surface area contributed by atoms with E-state index in [-0.39, 0.29) is 0 Å². The Morgan fingerprint density at radius 1 is 1.29 bits per heavy atom. The lowest BCUT2D eigenvalue weighted by Crippen LogP contribution is -2.06. The normalized spacial score (nSPS) is 13.6. The zero-order valence-electron chi connectivity index (χ0n) is 10.3. The number of aromatic nitrogens is 1. The van der Waals surface area contributed by atoms with Crippen LogP contribution in [-0.2, 0) is 13.6 Å². The van der Waals surface area contributed by atoms with Crippen molar-refractivity contribution in [1.82, 2.24) is 9.88 Å². The number of ether oxygens (including phenoxy) is 2. The van der Waals surface area contributed by atoms with Crippen LogP contribution in [0.1, 0.15) is 11.3 Å². The van der Waals surface area contributed by atoms with Gasteiger partial charge in [0.2, 0.25) is 6.79 Å². The fourth-order valence-electron chi connectivity index (χ4n) is 2.43. The van der Waals surface area contributed by atoms with Crippen molar-refractivity contribution in [3.63, 3.8) is 0 Å². The van der Waals surface area contributed by atoms with E-state index in [0.717, 1.165) is 18.0 Å². The molecule has 1 aromatic carbocycles. The SMILES string of the molecule is CNCc1c(C)n(C)c2cc3c(cc12)OCO3. The molecule has 0 spiro atoms. The fraction of sp³-hybridized carbons (Fsp3) is 0.385. The van der Waals surface area contributed by atoms with Crippen LogP contribution in [0.5, 0.6) is 11.5 Å². The van der Waals surface area contributed by atoms with E-state index in [1.165, 1.54) is 22.2 Å². The average Bonchev–Trinajstić information content (AvgIpc) is 2.87. The number of rotatable bonds is 2. The number of nitrogens with zero attached hydrogens (tertiary/aromatic N) is 1. The molecule has 3 rings (SSSR count). The largest absolute Gasteiger partial charge is 0.454 e. The first-order valence-corrected chi connectivity index (χ1v) is 5.74. The van der Waals surface area contributed by atoms with Gasteiger partial charge in [-0.25, -0.2) is 0 Å². The zero-order valence-corrected chi connectivity index (χ0v) is 10.3. The summed E-state index contributed by atoms with van der Waals surface area (Å²) < 4.78 is 13.1. The quantitative estimate of drug-likeness (QED) is 0.859. The highest BCUT2D eigenvalue weighted by atomic mass is 16.7. The monoisotopic (exact) mass is 232 g/mol. The molecule has 0 saturated carbocycles. The number of aryl methyl sites for hydroxylation is 1. The predicted molar refractivity (Wildman–Crippen MR) is 66.5 cm³/mol. The molecule has 4 nitrogen and oxygen atoms in total. The second kappa shape index (κ2) is 3.67. The number of benzene rings is 1. The Hall–Kier alpha value is -1.68. The highest BCUT2D eigenvalue weighted by Crippen LogP contribution is 2.38. The van der Waals surface area contributed by atoms with E-state index in [1.807, 2.05) is 7.05 Å². The van der Waals surface area contributed by atoms with Gasteiger partial charge in [0.25, 0.3) is 0 Å². The Balaban J connectivity index is 2.30. The third-order valence-corrected chi connectivity index (χ3v) is 3.47.